The first-order valence-electron chi connectivity index (χ1n) is 6.82. The summed E-state index contributed by atoms with van der Waals surface area (Å²) in [5.41, 5.74) is 0.699. The fraction of sp³-hybridized carbons (Fsp3) is 0.500. The minimum Gasteiger partial charge on any atom is -0.378 e. The maximum Gasteiger partial charge on any atom is 0.293 e. The van der Waals surface area contributed by atoms with Gasteiger partial charge in [0.05, 0.1) is 4.92 Å². The second-order valence-corrected chi connectivity index (χ2v) is 4.51. The highest BCUT2D eigenvalue weighted by atomic mass is 16.6. The van der Waals surface area contributed by atoms with Crippen LogP contribution in [0, 0.1) is 10.1 Å². The summed E-state index contributed by atoms with van der Waals surface area (Å²) < 4.78 is 0. The number of aldehydes is 1. The fourth-order valence-corrected chi connectivity index (χ4v) is 2.02. The molecule has 0 spiro atoms. The fourth-order valence-electron chi connectivity index (χ4n) is 2.02. The van der Waals surface area contributed by atoms with Gasteiger partial charge in [-0.15, -0.1) is 0 Å². The van der Waals surface area contributed by atoms with Gasteiger partial charge in [0.1, 0.15) is 12.0 Å². The number of nitro groups is 1. The highest BCUT2D eigenvalue weighted by Crippen LogP contribution is 2.24. The maximum atomic E-state index is 11.0. The normalized spacial score (nSPS) is 10.6. The number of hydrogen-bond donors (Lipinski definition) is 1. The van der Waals surface area contributed by atoms with Gasteiger partial charge in [-0.1, -0.05) is 13.8 Å². The van der Waals surface area contributed by atoms with Gasteiger partial charge >= 0.3 is 0 Å². The Morgan fingerprint density at radius 2 is 2.10 bits per heavy atom. The molecule has 1 aromatic rings. The third-order valence-corrected chi connectivity index (χ3v) is 3.09. The van der Waals surface area contributed by atoms with Crippen molar-refractivity contribution >= 4 is 17.7 Å². The summed E-state index contributed by atoms with van der Waals surface area (Å²) in [7, 11) is 0. The first-order valence-corrected chi connectivity index (χ1v) is 6.82. The van der Waals surface area contributed by atoms with Gasteiger partial charge in [0.2, 0.25) is 0 Å². The molecule has 6 heteroatoms. The Labute approximate surface area is 118 Å². The van der Waals surface area contributed by atoms with Crippen LogP contribution in [-0.2, 0) is 0 Å². The molecule has 0 aliphatic rings. The van der Waals surface area contributed by atoms with E-state index in [-0.39, 0.29) is 5.69 Å². The van der Waals surface area contributed by atoms with Gasteiger partial charge in [0, 0.05) is 24.7 Å². The summed E-state index contributed by atoms with van der Waals surface area (Å²) in [4.78, 5) is 23.4. The van der Waals surface area contributed by atoms with Gasteiger partial charge in [0.15, 0.2) is 0 Å². The molecule has 0 saturated carbocycles. The van der Waals surface area contributed by atoms with E-state index in [0.29, 0.717) is 24.1 Å². The van der Waals surface area contributed by atoms with E-state index in [1.165, 1.54) is 6.07 Å². The number of nitrogens with zero attached hydrogens (tertiary/aromatic N) is 2. The monoisotopic (exact) mass is 279 g/mol. The summed E-state index contributed by atoms with van der Waals surface area (Å²) in [5.74, 6) is 0. The molecule has 110 valence electrons. The molecule has 0 radical (unpaired) electrons. The Morgan fingerprint density at radius 1 is 1.35 bits per heavy atom. The van der Waals surface area contributed by atoms with Crippen molar-refractivity contribution in [1.82, 2.24) is 4.90 Å². The van der Waals surface area contributed by atoms with E-state index in [2.05, 4.69) is 24.1 Å². The molecule has 0 fully saturated rings. The zero-order valence-corrected chi connectivity index (χ0v) is 12.0. The Balaban J connectivity index is 2.67. The number of carbonyl (C=O) groups excluding carboxylic acids is 1. The first-order chi connectivity index (χ1) is 9.62. The van der Waals surface area contributed by atoms with E-state index >= 15 is 0 Å². The number of carbonyl (C=O) groups is 1. The van der Waals surface area contributed by atoms with E-state index in [1.807, 2.05) is 0 Å². The molecule has 0 bridgehead atoms. The molecule has 20 heavy (non-hydrogen) atoms. The minimum atomic E-state index is -0.473. The van der Waals surface area contributed by atoms with Crippen LogP contribution < -0.4 is 5.32 Å². The van der Waals surface area contributed by atoms with Crippen molar-refractivity contribution in [2.24, 2.45) is 0 Å². The van der Waals surface area contributed by atoms with Gasteiger partial charge in [-0.3, -0.25) is 14.9 Å². The highest BCUT2D eigenvalue weighted by Gasteiger charge is 2.14. The number of hydrogen-bond acceptors (Lipinski definition) is 5. The van der Waals surface area contributed by atoms with Crippen LogP contribution >= 0.6 is 0 Å². The van der Waals surface area contributed by atoms with Crippen molar-refractivity contribution in [1.29, 1.82) is 0 Å². The van der Waals surface area contributed by atoms with E-state index in [0.717, 1.165) is 26.1 Å². The lowest BCUT2D eigenvalue weighted by atomic mass is 10.2. The van der Waals surface area contributed by atoms with Crippen LogP contribution in [0.4, 0.5) is 11.4 Å². The van der Waals surface area contributed by atoms with Crippen molar-refractivity contribution in [2.75, 3.05) is 31.5 Å². The van der Waals surface area contributed by atoms with Crippen molar-refractivity contribution in [3.8, 4) is 0 Å². The number of rotatable bonds is 9. The Kier molecular flexibility index (Phi) is 6.66. The zero-order chi connectivity index (χ0) is 15.0. The largest absolute Gasteiger partial charge is 0.378 e. The molecule has 0 aliphatic heterocycles. The SMILES string of the molecule is CCCN(CC)CCNc1ccc(C=O)cc1[N+](=O)[O-]. The molecule has 0 unspecified atom stereocenters. The van der Waals surface area contributed by atoms with Crippen LogP contribution in [0.3, 0.4) is 0 Å². The molecule has 0 heterocycles. The van der Waals surface area contributed by atoms with Crippen molar-refractivity contribution in [3.05, 3.63) is 33.9 Å². The number of likely N-dealkylation sites (N-methyl/N-ethyl adjacent to an activating group) is 1. The standard InChI is InChI=1S/C14H21N3O3/c1-3-8-16(4-2)9-7-15-13-6-5-12(11-18)10-14(13)17(19)20/h5-6,10-11,15H,3-4,7-9H2,1-2H3. The Hall–Kier alpha value is -1.95. The topological polar surface area (TPSA) is 75.5 Å². The number of nitro benzene ring substituents is 1. The second-order valence-electron chi connectivity index (χ2n) is 4.51. The van der Waals surface area contributed by atoms with Gasteiger partial charge in [0.25, 0.3) is 5.69 Å². The number of nitrogens with one attached hydrogen (secondary N) is 1. The van der Waals surface area contributed by atoms with Gasteiger partial charge in [-0.05, 0) is 31.6 Å². The summed E-state index contributed by atoms with van der Waals surface area (Å²) >= 11 is 0. The average Bonchev–Trinajstić information content (AvgIpc) is 2.46. The lowest BCUT2D eigenvalue weighted by Gasteiger charge is -2.19. The summed E-state index contributed by atoms with van der Waals surface area (Å²) in [6.45, 7) is 7.66. The van der Waals surface area contributed by atoms with E-state index < -0.39 is 4.92 Å². The average molecular weight is 279 g/mol. The Bertz CT molecular complexity index is 463. The zero-order valence-electron chi connectivity index (χ0n) is 12.0. The van der Waals surface area contributed by atoms with Crippen molar-refractivity contribution in [3.63, 3.8) is 0 Å². The minimum absolute atomic E-state index is 0.0619. The van der Waals surface area contributed by atoms with Crippen LogP contribution in [0.5, 0.6) is 0 Å². The van der Waals surface area contributed by atoms with Gasteiger partial charge in [-0.25, -0.2) is 0 Å². The smallest absolute Gasteiger partial charge is 0.293 e. The van der Waals surface area contributed by atoms with E-state index in [9.17, 15) is 14.9 Å². The van der Waals surface area contributed by atoms with Gasteiger partial charge in [-0.2, -0.15) is 0 Å². The molecule has 1 N–H and O–H groups in total. The lowest BCUT2D eigenvalue weighted by molar-refractivity contribution is -0.384. The molecule has 0 atom stereocenters. The third kappa shape index (κ3) is 4.62. The van der Waals surface area contributed by atoms with Crippen LogP contribution in [0.25, 0.3) is 0 Å². The molecule has 0 amide bonds. The molecule has 0 aliphatic carbocycles. The maximum absolute atomic E-state index is 11.0. The predicted octanol–water partition coefficient (Wildman–Crippen LogP) is 2.55. The molecule has 1 rings (SSSR count). The van der Waals surface area contributed by atoms with E-state index in [4.69, 9.17) is 0 Å². The third-order valence-electron chi connectivity index (χ3n) is 3.09. The van der Waals surface area contributed by atoms with Crippen molar-refractivity contribution in [2.45, 2.75) is 20.3 Å². The van der Waals surface area contributed by atoms with Crippen LogP contribution in [0.15, 0.2) is 18.2 Å². The van der Waals surface area contributed by atoms with Crippen molar-refractivity contribution < 1.29 is 9.72 Å². The number of anilines is 1. The molecule has 0 saturated heterocycles. The quantitative estimate of drug-likeness (QED) is 0.427. The summed E-state index contributed by atoms with van der Waals surface area (Å²) in [6, 6.07) is 4.45. The van der Waals surface area contributed by atoms with E-state index in [1.54, 1.807) is 12.1 Å². The summed E-state index contributed by atoms with van der Waals surface area (Å²) in [6.07, 6.45) is 1.69. The second kappa shape index (κ2) is 8.27. The molecular formula is C14H21N3O3. The highest BCUT2D eigenvalue weighted by molar-refractivity contribution is 5.79. The first kappa shape index (κ1) is 16.1. The number of benzene rings is 1. The van der Waals surface area contributed by atoms with Gasteiger partial charge < -0.3 is 10.2 Å². The molecule has 1 aromatic carbocycles. The lowest BCUT2D eigenvalue weighted by Crippen LogP contribution is -2.29. The predicted molar refractivity (Wildman–Crippen MR) is 79.4 cm³/mol. The van der Waals surface area contributed by atoms with Crippen LogP contribution in [0.1, 0.15) is 30.6 Å². The van der Waals surface area contributed by atoms with Crippen LogP contribution in [0.2, 0.25) is 0 Å². The Morgan fingerprint density at radius 3 is 2.65 bits per heavy atom. The molecule has 6 nitrogen and oxygen atoms in total. The molecular weight excluding hydrogens is 258 g/mol. The molecule has 0 aromatic heterocycles. The van der Waals surface area contributed by atoms with Crippen LogP contribution in [-0.4, -0.2) is 42.3 Å². The summed E-state index contributed by atoms with van der Waals surface area (Å²) in [5, 5.41) is 14.1.